The molecule has 0 spiro atoms. The van der Waals surface area contributed by atoms with Gasteiger partial charge in [-0.3, -0.25) is 4.79 Å². The molecule has 1 aromatic carbocycles. The fourth-order valence-corrected chi connectivity index (χ4v) is 4.36. The summed E-state index contributed by atoms with van der Waals surface area (Å²) >= 11 is 0. The Kier molecular flexibility index (Phi) is 4.65. The zero-order chi connectivity index (χ0) is 20.2. The van der Waals surface area contributed by atoms with E-state index >= 15 is 4.39 Å². The quantitative estimate of drug-likeness (QED) is 0.842. The molecule has 2 aliphatic rings. The molecule has 6 nitrogen and oxygen atoms in total. The standard InChI is InChI=1S/C21H25FN2O4/c1-3-13-18-14(20(26)15(21(27)28)10-24(18)12-4-5-12)8-16(22)19(13)23-7-6-17(25)11(2)9-23/h8,10-12,17,25H,3-7,9H2,1-2H3,(H,27,28)/t11-,17+/m0/s1. The van der Waals surface area contributed by atoms with Gasteiger partial charge in [0.1, 0.15) is 11.4 Å². The van der Waals surface area contributed by atoms with Crippen LogP contribution < -0.4 is 10.3 Å². The second kappa shape index (κ2) is 6.88. The number of hydrogen-bond acceptors (Lipinski definition) is 4. The fraction of sp³-hybridized carbons (Fsp3) is 0.524. The van der Waals surface area contributed by atoms with E-state index in [1.165, 1.54) is 12.3 Å². The number of hydrogen-bond donors (Lipinski definition) is 2. The second-order valence-electron chi connectivity index (χ2n) is 8.03. The van der Waals surface area contributed by atoms with Crippen LogP contribution in [0.2, 0.25) is 0 Å². The summed E-state index contributed by atoms with van der Waals surface area (Å²) in [5.74, 6) is -1.77. The summed E-state index contributed by atoms with van der Waals surface area (Å²) in [6.07, 6.45) is 3.95. The van der Waals surface area contributed by atoms with Crippen molar-refractivity contribution in [3.8, 4) is 0 Å². The molecule has 0 bridgehead atoms. The van der Waals surface area contributed by atoms with Crippen LogP contribution in [0.4, 0.5) is 10.1 Å². The Labute approximate surface area is 162 Å². The number of anilines is 1. The maximum absolute atomic E-state index is 15.2. The first-order valence-electron chi connectivity index (χ1n) is 9.90. The third-order valence-electron chi connectivity index (χ3n) is 6.04. The lowest BCUT2D eigenvalue weighted by Gasteiger charge is -2.37. The van der Waals surface area contributed by atoms with Crippen LogP contribution in [0.5, 0.6) is 0 Å². The van der Waals surface area contributed by atoms with Crippen LogP contribution >= 0.6 is 0 Å². The number of aromatic nitrogens is 1. The number of piperidine rings is 1. The van der Waals surface area contributed by atoms with Crippen LogP contribution in [0.25, 0.3) is 10.9 Å². The molecule has 2 fully saturated rings. The topological polar surface area (TPSA) is 82.8 Å². The normalized spacial score (nSPS) is 22.6. The maximum Gasteiger partial charge on any atom is 0.341 e. The first-order valence-corrected chi connectivity index (χ1v) is 9.90. The van der Waals surface area contributed by atoms with E-state index in [-0.39, 0.29) is 22.9 Å². The molecule has 2 atom stereocenters. The molecule has 150 valence electrons. The van der Waals surface area contributed by atoms with Crippen LogP contribution in [0, 0.1) is 11.7 Å². The molecule has 0 unspecified atom stereocenters. The van der Waals surface area contributed by atoms with Crippen molar-refractivity contribution in [2.45, 2.75) is 51.7 Å². The Bertz CT molecular complexity index is 1010. The molecular weight excluding hydrogens is 363 g/mol. The molecule has 2 N–H and O–H groups in total. The predicted molar refractivity (Wildman–Crippen MR) is 105 cm³/mol. The third kappa shape index (κ3) is 2.98. The van der Waals surface area contributed by atoms with Gasteiger partial charge < -0.3 is 19.7 Å². The Morgan fingerprint density at radius 1 is 1.32 bits per heavy atom. The number of carboxylic acid groups (broad SMARTS) is 1. The van der Waals surface area contributed by atoms with Crippen molar-refractivity contribution < 1.29 is 19.4 Å². The lowest BCUT2D eigenvalue weighted by Crippen LogP contribution is -2.42. The van der Waals surface area contributed by atoms with Gasteiger partial charge in [-0.25, -0.2) is 9.18 Å². The monoisotopic (exact) mass is 388 g/mol. The van der Waals surface area contributed by atoms with E-state index in [0.717, 1.165) is 18.4 Å². The third-order valence-corrected chi connectivity index (χ3v) is 6.04. The minimum absolute atomic E-state index is 0.0218. The molecule has 28 heavy (non-hydrogen) atoms. The summed E-state index contributed by atoms with van der Waals surface area (Å²) in [5, 5.41) is 19.6. The largest absolute Gasteiger partial charge is 0.477 e. The molecule has 0 radical (unpaired) electrons. The highest BCUT2D eigenvalue weighted by molar-refractivity contribution is 5.95. The Morgan fingerprint density at radius 3 is 2.61 bits per heavy atom. The van der Waals surface area contributed by atoms with Crippen molar-refractivity contribution in [2.75, 3.05) is 18.0 Å². The number of nitrogens with zero attached hydrogens (tertiary/aromatic N) is 2. The minimum atomic E-state index is -1.29. The lowest BCUT2D eigenvalue weighted by atomic mass is 9.94. The number of carboxylic acids is 1. The van der Waals surface area contributed by atoms with E-state index in [1.54, 1.807) is 0 Å². The predicted octanol–water partition coefficient (Wildman–Crippen LogP) is 2.94. The lowest BCUT2D eigenvalue weighted by molar-refractivity contribution is 0.0694. The number of aliphatic hydroxyl groups excluding tert-OH is 1. The van der Waals surface area contributed by atoms with Crippen molar-refractivity contribution in [2.24, 2.45) is 5.92 Å². The van der Waals surface area contributed by atoms with Gasteiger partial charge in [0.05, 0.1) is 17.3 Å². The van der Waals surface area contributed by atoms with Gasteiger partial charge in [-0.05, 0) is 37.7 Å². The fourth-order valence-electron chi connectivity index (χ4n) is 4.36. The molecule has 1 aromatic heterocycles. The number of halogens is 1. The van der Waals surface area contributed by atoms with Crippen molar-refractivity contribution in [1.29, 1.82) is 0 Å². The smallest absolute Gasteiger partial charge is 0.341 e. The van der Waals surface area contributed by atoms with E-state index < -0.39 is 23.3 Å². The van der Waals surface area contributed by atoms with Gasteiger partial charge >= 0.3 is 5.97 Å². The van der Waals surface area contributed by atoms with Gasteiger partial charge in [0, 0.05) is 36.3 Å². The maximum atomic E-state index is 15.2. The van der Waals surface area contributed by atoms with E-state index in [0.29, 0.717) is 37.1 Å². The van der Waals surface area contributed by atoms with E-state index in [9.17, 15) is 19.8 Å². The summed E-state index contributed by atoms with van der Waals surface area (Å²) in [5.41, 5.74) is 0.908. The molecule has 7 heteroatoms. The summed E-state index contributed by atoms with van der Waals surface area (Å²) in [7, 11) is 0. The Balaban J connectivity index is 1.99. The van der Waals surface area contributed by atoms with Crippen molar-refractivity contribution in [1.82, 2.24) is 4.57 Å². The number of aliphatic hydroxyl groups is 1. The van der Waals surface area contributed by atoms with Crippen LogP contribution in [0.3, 0.4) is 0 Å². The molecule has 2 aromatic rings. The molecule has 1 saturated carbocycles. The average molecular weight is 388 g/mol. The molecule has 4 rings (SSSR count). The molecule has 0 amide bonds. The number of pyridine rings is 1. The highest BCUT2D eigenvalue weighted by Gasteiger charge is 2.32. The summed E-state index contributed by atoms with van der Waals surface area (Å²) in [6, 6.07) is 1.35. The molecule has 1 aliphatic heterocycles. The van der Waals surface area contributed by atoms with Crippen LogP contribution in [0.15, 0.2) is 17.1 Å². The number of aryl methyl sites for hydroxylation is 1. The van der Waals surface area contributed by atoms with E-state index in [1.807, 2.05) is 23.3 Å². The number of rotatable bonds is 4. The molecule has 1 aliphatic carbocycles. The zero-order valence-electron chi connectivity index (χ0n) is 16.1. The number of aromatic carboxylic acids is 1. The van der Waals surface area contributed by atoms with Gasteiger partial charge in [-0.15, -0.1) is 0 Å². The van der Waals surface area contributed by atoms with Gasteiger partial charge in [-0.1, -0.05) is 13.8 Å². The zero-order valence-corrected chi connectivity index (χ0v) is 16.1. The van der Waals surface area contributed by atoms with E-state index in [4.69, 9.17) is 0 Å². The molecule has 1 saturated heterocycles. The van der Waals surface area contributed by atoms with Gasteiger partial charge in [-0.2, -0.15) is 0 Å². The van der Waals surface area contributed by atoms with Crippen LogP contribution in [0.1, 0.15) is 55.1 Å². The van der Waals surface area contributed by atoms with Gasteiger partial charge in [0.25, 0.3) is 0 Å². The highest BCUT2D eigenvalue weighted by atomic mass is 19.1. The first kappa shape index (κ1) is 18.9. The van der Waals surface area contributed by atoms with Crippen LogP contribution in [-0.4, -0.2) is 39.9 Å². The highest BCUT2D eigenvalue weighted by Crippen LogP contribution is 2.41. The SMILES string of the molecule is CCc1c(N2CC[C@@H](O)[C@@H](C)C2)c(F)cc2c(=O)c(C(=O)O)cn(C3CC3)c12. The van der Waals surface area contributed by atoms with Gasteiger partial charge in [0.2, 0.25) is 5.43 Å². The second-order valence-corrected chi connectivity index (χ2v) is 8.03. The number of carbonyl (C=O) groups is 1. The van der Waals surface area contributed by atoms with Gasteiger partial charge in [0.15, 0.2) is 0 Å². The van der Waals surface area contributed by atoms with Crippen molar-refractivity contribution >= 4 is 22.6 Å². The summed E-state index contributed by atoms with van der Waals surface area (Å²) in [4.78, 5) is 26.3. The number of benzene rings is 1. The Hall–Kier alpha value is -2.41. The minimum Gasteiger partial charge on any atom is -0.477 e. The van der Waals surface area contributed by atoms with Crippen molar-refractivity contribution in [3.63, 3.8) is 0 Å². The Morgan fingerprint density at radius 2 is 2.04 bits per heavy atom. The van der Waals surface area contributed by atoms with Crippen LogP contribution in [-0.2, 0) is 6.42 Å². The summed E-state index contributed by atoms with van der Waals surface area (Å²) in [6.45, 7) is 4.95. The molecule has 2 heterocycles. The average Bonchev–Trinajstić information content (AvgIpc) is 3.48. The molecular formula is C21H25FN2O4. The summed E-state index contributed by atoms with van der Waals surface area (Å²) < 4.78 is 17.1. The van der Waals surface area contributed by atoms with E-state index in [2.05, 4.69) is 0 Å². The first-order chi connectivity index (χ1) is 13.3. The number of fused-ring (bicyclic) bond motifs is 1. The van der Waals surface area contributed by atoms with Crippen molar-refractivity contribution in [3.05, 3.63) is 39.4 Å².